The van der Waals surface area contributed by atoms with Gasteiger partial charge in [-0.25, -0.2) is 0 Å². The number of carbonyl (C=O) groups excluding carboxylic acids is 3. The van der Waals surface area contributed by atoms with Gasteiger partial charge < -0.3 is 4.90 Å². The zero-order valence-corrected chi connectivity index (χ0v) is 14.3. The van der Waals surface area contributed by atoms with Gasteiger partial charge in [-0.3, -0.25) is 24.3 Å². The van der Waals surface area contributed by atoms with E-state index in [1.807, 2.05) is 25.1 Å². The van der Waals surface area contributed by atoms with E-state index in [4.69, 9.17) is 0 Å². The molecule has 0 radical (unpaired) electrons. The Morgan fingerprint density at radius 1 is 1.24 bits per heavy atom. The Bertz CT molecular complexity index is 730. The fourth-order valence-electron chi connectivity index (χ4n) is 4.40. The number of amides is 3. The lowest BCUT2D eigenvalue weighted by atomic mass is 9.85. The molecule has 2 fully saturated rings. The highest BCUT2D eigenvalue weighted by molar-refractivity contribution is 6.08. The average Bonchev–Trinajstić information content (AvgIpc) is 3.31. The summed E-state index contributed by atoms with van der Waals surface area (Å²) in [6, 6.07) is 5.32. The molecule has 4 rings (SSSR count). The molecule has 6 heteroatoms. The number of pyridine rings is 1. The van der Waals surface area contributed by atoms with Gasteiger partial charge in [0.15, 0.2) is 0 Å². The number of allylic oxidation sites excluding steroid dienone is 2. The molecule has 5 atom stereocenters. The highest BCUT2D eigenvalue weighted by Crippen LogP contribution is 2.52. The van der Waals surface area contributed by atoms with E-state index in [-0.39, 0.29) is 54.0 Å². The number of likely N-dealkylation sites (N-methyl/N-ethyl adjacent to an activating group) is 1. The smallest absolute Gasteiger partial charge is 0.243 e. The second-order valence-corrected chi connectivity index (χ2v) is 7.20. The van der Waals surface area contributed by atoms with Crippen LogP contribution in [0.4, 0.5) is 0 Å². The van der Waals surface area contributed by atoms with Crippen molar-refractivity contribution < 1.29 is 14.4 Å². The van der Waals surface area contributed by atoms with Crippen molar-refractivity contribution in [2.75, 3.05) is 13.6 Å². The molecule has 1 aliphatic heterocycles. The van der Waals surface area contributed by atoms with Crippen LogP contribution in [0.2, 0.25) is 0 Å². The molecule has 1 saturated heterocycles. The third kappa shape index (κ3) is 2.39. The standard InChI is InChI=1S/C19H21N3O3/c1-11(14-5-3-4-8-20-14)21(2)15(23)10-22-18(24)16-12-6-7-13(9-12)17(16)19(22)25/h3-8,11-13,16-17H,9-10H2,1-2H3/t11-,12+,13+,16-,17-/m1/s1. The maximum absolute atomic E-state index is 12.7. The number of likely N-dealkylation sites (tertiary alicyclic amines) is 1. The number of nitrogens with zero attached hydrogens (tertiary/aromatic N) is 3. The van der Waals surface area contributed by atoms with E-state index in [2.05, 4.69) is 17.1 Å². The molecule has 1 aromatic heterocycles. The van der Waals surface area contributed by atoms with Gasteiger partial charge in [-0.2, -0.15) is 0 Å². The Balaban J connectivity index is 1.46. The second kappa shape index (κ2) is 5.79. The SMILES string of the molecule is C[C@H](c1ccccn1)N(C)C(=O)CN1C(=O)[C@H]2[C@H](C1=O)[C@H]1C=C[C@H]2C1. The summed E-state index contributed by atoms with van der Waals surface area (Å²) >= 11 is 0. The van der Waals surface area contributed by atoms with Gasteiger partial charge in [0, 0.05) is 13.2 Å². The lowest BCUT2D eigenvalue weighted by Crippen LogP contribution is -2.43. The topological polar surface area (TPSA) is 70.6 Å². The Labute approximate surface area is 146 Å². The highest BCUT2D eigenvalue weighted by Gasteiger charge is 2.59. The van der Waals surface area contributed by atoms with Crippen LogP contribution in [-0.2, 0) is 14.4 Å². The molecule has 0 N–H and O–H groups in total. The fraction of sp³-hybridized carbons (Fsp3) is 0.474. The van der Waals surface area contributed by atoms with Crippen LogP contribution in [0, 0.1) is 23.7 Å². The Hall–Kier alpha value is -2.50. The minimum Gasteiger partial charge on any atom is -0.336 e. The Morgan fingerprint density at radius 2 is 1.88 bits per heavy atom. The fourth-order valence-corrected chi connectivity index (χ4v) is 4.40. The largest absolute Gasteiger partial charge is 0.336 e. The van der Waals surface area contributed by atoms with Gasteiger partial charge in [0.1, 0.15) is 6.54 Å². The number of rotatable bonds is 4. The first-order valence-corrected chi connectivity index (χ1v) is 8.69. The van der Waals surface area contributed by atoms with Crippen LogP contribution in [0.1, 0.15) is 25.1 Å². The molecule has 3 aliphatic rings. The maximum Gasteiger partial charge on any atom is 0.243 e. The van der Waals surface area contributed by atoms with Gasteiger partial charge in [0.05, 0.1) is 23.6 Å². The molecule has 3 amide bonds. The van der Waals surface area contributed by atoms with Gasteiger partial charge in [-0.1, -0.05) is 18.2 Å². The predicted molar refractivity (Wildman–Crippen MR) is 89.9 cm³/mol. The first-order chi connectivity index (χ1) is 12.0. The van der Waals surface area contributed by atoms with Crippen LogP contribution in [0.15, 0.2) is 36.5 Å². The summed E-state index contributed by atoms with van der Waals surface area (Å²) in [7, 11) is 1.68. The second-order valence-electron chi connectivity index (χ2n) is 7.20. The van der Waals surface area contributed by atoms with Gasteiger partial charge in [-0.05, 0) is 37.3 Å². The molecular weight excluding hydrogens is 318 g/mol. The molecule has 0 aromatic carbocycles. The van der Waals surface area contributed by atoms with Crippen LogP contribution in [-0.4, -0.2) is 46.1 Å². The van der Waals surface area contributed by atoms with Crippen molar-refractivity contribution >= 4 is 17.7 Å². The van der Waals surface area contributed by atoms with Crippen LogP contribution < -0.4 is 0 Å². The van der Waals surface area contributed by atoms with Crippen molar-refractivity contribution in [2.24, 2.45) is 23.7 Å². The van der Waals surface area contributed by atoms with Crippen molar-refractivity contribution in [3.8, 4) is 0 Å². The molecule has 2 aliphatic carbocycles. The predicted octanol–water partition coefficient (Wildman–Crippen LogP) is 1.41. The van der Waals surface area contributed by atoms with Crippen molar-refractivity contribution in [2.45, 2.75) is 19.4 Å². The van der Waals surface area contributed by atoms with E-state index in [0.717, 1.165) is 12.1 Å². The molecule has 2 bridgehead atoms. The van der Waals surface area contributed by atoms with Crippen molar-refractivity contribution in [1.82, 2.24) is 14.8 Å². The molecule has 1 saturated carbocycles. The zero-order valence-electron chi connectivity index (χ0n) is 14.3. The number of aromatic nitrogens is 1. The van der Waals surface area contributed by atoms with Gasteiger partial charge in [0.2, 0.25) is 17.7 Å². The van der Waals surface area contributed by atoms with E-state index in [1.54, 1.807) is 18.1 Å². The quantitative estimate of drug-likeness (QED) is 0.614. The van der Waals surface area contributed by atoms with Gasteiger partial charge in [-0.15, -0.1) is 0 Å². The first kappa shape index (κ1) is 16.0. The van der Waals surface area contributed by atoms with Crippen molar-refractivity contribution in [3.05, 3.63) is 42.2 Å². The highest BCUT2D eigenvalue weighted by atomic mass is 16.2. The van der Waals surface area contributed by atoms with E-state index in [9.17, 15) is 14.4 Å². The third-order valence-corrected chi connectivity index (χ3v) is 5.95. The van der Waals surface area contributed by atoms with Crippen molar-refractivity contribution in [3.63, 3.8) is 0 Å². The van der Waals surface area contributed by atoms with Crippen molar-refractivity contribution in [1.29, 1.82) is 0 Å². The number of hydrogen-bond donors (Lipinski definition) is 0. The summed E-state index contributed by atoms with van der Waals surface area (Å²) in [5, 5.41) is 0. The van der Waals surface area contributed by atoms with E-state index in [0.29, 0.717) is 0 Å². The minimum atomic E-state index is -0.256. The van der Waals surface area contributed by atoms with Gasteiger partial charge in [0.25, 0.3) is 0 Å². The Morgan fingerprint density at radius 3 is 2.44 bits per heavy atom. The van der Waals surface area contributed by atoms with Crippen LogP contribution >= 0.6 is 0 Å². The monoisotopic (exact) mass is 339 g/mol. The summed E-state index contributed by atoms with van der Waals surface area (Å²) in [6.07, 6.45) is 6.68. The van der Waals surface area contributed by atoms with Gasteiger partial charge >= 0.3 is 0 Å². The summed E-state index contributed by atoms with van der Waals surface area (Å²) in [6.45, 7) is 1.70. The Kier molecular flexibility index (Phi) is 3.71. The first-order valence-electron chi connectivity index (χ1n) is 8.69. The van der Waals surface area contributed by atoms with E-state index >= 15 is 0 Å². The summed E-state index contributed by atoms with van der Waals surface area (Å²) in [4.78, 5) is 45.0. The lowest BCUT2D eigenvalue weighted by Gasteiger charge is -2.26. The molecule has 25 heavy (non-hydrogen) atoms. The molecule has 2 heterocycles. The normalized spacial score (nSPS) is 30.7. The maximum atomic E-state index is 12.7. The number of carbonyl (C=O) groups is 3. The molecular formula is C19H21N3O3. The molecule has 6 nitrogen and oxygen atoms in total. The minimum absolute atomic E-state index is 0.164. The molecule has 130 valence electrons. The van der Waals surface area contributed by atoms with E-state index < -0.39 is 0 Å². The van der Waals surface area contributed by atoms with Crippen LogP contribution in [0.3, 0.4) is 0 Å². The van der Waals surface area contributed by atoms with E-state index in [1.165, 1.54) is 4.90 Å². The van der Waals surface area contributed by atoms with Crippen LogP contribution in [0.5, 0.6) is 0 Å². The molecule has 0 spiro atoms. The molecule has 1 aromatic rings. The lowest BCUT2D eigenvalue weighted by molar-refractivity contribution is -0.147. The summed E-state index contributed by atoms with van der Waals surface area (Å²) in [5.41, 5.74) is 0.775. The molecule has 0 unspecified atom stereocenters. The number of hydrogen-bond acceptors (Lipinski definition) is 4. The third-order valence-electron chi connectivity index (χ3n) is 5.95. The average molecular weight is 339 g/mol. The number of imide groups is 1. The number of fused-ring (bicyclic) bond motifs is 5. The van der Waals surface area contributed by atoms with Crippen LogP contribution in [0.25, 0.3) is 0 Å². The summed E-state index contributed by atoms with van der Waals surface area (Å²) < 4.78 is 0. The zero-order chi connectivity index (χ0) is 17.7. The summed E-state index contributed by atoms with van der Waals surface area (Å²) in [5.74, 6) is -0.797.